The maximum atomic E-state index is 12.2. The van der Waals surface area contributed by atoms with Gasteiger partial charge in [0.25, 0.3) is 5.91 Å². The number of carbonyl (C=O) groups excluding carboxylic acids is 1. The molecule has 0 unspecified atom stereocenters. The molecule has 0 atom stereocenters. The van der Waals surface area contributed by atoms with Crippen LogP contribution in [0.25, 0.3) is 0 Å². The lowest BCUT2D eigenvalue weighted by Gasteiger charge is -2.41. The zero-order valence-electron chi connectivity index (χ0n) is 12.5. The second-order valence-corrected chi connectivity index (χ2v) is 7.47. The maximum absolute atomic E-state index is 12.2. The van der Waals surface area contributed by atoms with Gasteiger partial charge in [-0.3, -0.25) is 4.79 Å². The first-order chi connectivity index (χ1) is 9.77. The molecule has 1 saturated carbocycles. The summed E-state index contributed by atoms with van der Waals surface area (Å²) in [6.45, 7) is 4.54. The van der Waals surface area contributed by atoms with Crippen LogP contribution >= 0.6 is 0 Å². The molecule has 116 valence electrons. The molecule has 0 aromatic heterocycles. The van der Waals surface area contributed by atoms with Gasteiger partial charge >= 0.3 is 0 Å². The lowest BCUT2D eigenvalue weighted by molar-refractivity contribution is 0.0849. The molecule has 0 bridgehead atoms. The van der Waals surface area contributed by atoms with E-state index in [1.165, 1.54) is 24.6 Å². The standard InChI is InChI=1S/C15H22N2O3S/c1-3-15(7-4-8-15)10-17-14(18)13-6-5-12(9-11(13)2)21(16,19)20/h5-6,9H,3-4,7-8,10H2,1-2H3,(H,17,18)(H2,16,19,20). The van der Waals surface area contributed by atoms with Crippen LogP contribution in [0, 0.1) is 12.3 Å². The highest BCUT2D eigenvalue weighted by molar-refractivity contribution is 7.89. The van der Waals surface area contributed by atoms with E-state index in [4.69, 9.17) is 5.14 Å². The van der Waals surface area contributed by atoms with Gasteiger partial charge in [0.05, 0.1) is 4.90 Å². The van der Waals surface area contributed by atoms with Crippen LogP contribution in [0.1, 0.15) is 48.5 Å². The number of nitrogens with one attached hydrogen (secondary N) is 1. The number of hydrogen-bond donors (Lipinski definition) is 2. The molecule has 1 aromatic rings. The predicted molar refractivity (Wildman–Crippen MR) is 81.5 cm³/mol. The third kappa shape index (κ3) is 3.44. The third-order valence-electron chi connectivity index (χ3n) is 4.56. The second kappa shape index (κ2) is 5.77. The number of benzene rings is 1. The van der Waals surface area contributed by atoms with Crippen LogP contribution in [0.15, 0.2) is 23.1 Å². The Kier molecular flexibility index (Phi) is 4.39. The minimum Gasteiger partial charge on any atom is -0.351 e. The number of rotatable bonds is 5. The number of amides is 1. The Morgan fingerprint density at radius 1 is 1.38 bits per heavy atom. The van der Waals surface area contributed by atoms with Crippen LogP contribution in [0.4, 0.5) is 0 Å². The van der Waals surface area contributed by atoms with Crippen LogP contribution in [-0.2, 0) is 10.0 Å². The lowest BCUT2D eigenvalue weighted by atomic mass is 9.67. The zero-order chi connectivity index (χ0) is 15.7. The lowest BCUT2D eigenvalue weighted by Crippen LogP contribution is -2.41. The second-order valence-electron chi connectivity index (χ2n) is 5.91. The average molecular weight is 310 g/mol. The van der Waals surface area contributed by atoms with Gasteiger partial charge in [-0.25, -0.2) is 13.6 Å². The third-order valence-corrected chi connectivity index (χ3v) is 5.47. The van der Waals surface area contributed by atoms with E-state index in [1.807, 2.05) is 0 Å². The summed E-state index contributed by atoms with van der Waals surface area (Å²) in [4.78, 5) is 12.3. The van der Waals surface area contributed by atoms with Crippen molar-refractivity contribution in [1.29, 1.82) is 0 Å². The first-order valence-electron chi connectivity index (χ1n) is 7.19. The SMILES string of the molecule is CCC1(CNC(=O)c2ccc(S(N)(=O)=O)cc2C)CCC1. The summed E-state index contributed by atoms with van der Waals surface area (Å²) < 4.78 is 22.6. The Bertz CT molecular complexity index is 643. The highest BCUT2D eigenvalue weighted by Gasteiger charge is 2.35. The van der Waals surface area contributed by atoms with Crippen molar-refractivity contribution >= 4 is 15.9 Å². The number of aryl methyl sites for hydroxylation is 1. The number of carbonyl (C=O) groups is 1. The van der Waals surface area contributed by atoms with E-state index in [1.54, 1.807) is 6.92 Å². The minimum atomic E-state index is -3.73. The van der Waals surface area contributed by atoms with Gasteiger partial charge in [-0.2, -0.15) is 0 Å². The predicted octanol–water partition coefficient (Wildman–Crippen LogP) is 1.95. The smallest absolute Gasteiger partial charge is 0.251 e. The van der Waals surface area contributed by atoms with E-state index in [0.29, 0.717) is 17.7 Å². The molecule has 5 nitrogen and oxygen atoms in total. The van der Waals surface area contributed by atoms with E-state index in [-0.39, 0.29) is 16.2 Å². The Balaban J connectivity index is 2.09. The van der Waals surface area contributed by atoms with Crippen molar-refractivity contribution in [1.82, 2.24) is 5.32 Å². The molecule has 0 saturated heterocycles. The Labute approximate surface area is 126 Å². The fraction of sp³-hybridized carbons (Fsp3) is 0.533. The van der Waals surface area contributed by atoms with E-state index in [9.17, 15) is 13.2 Å². The molecular weight excluding hydrogens is 288 g/mol. The van der Waals surface area contributed by atoms with Crippen molar-refractivity contribution < 1.29 is 13.2 Å². The molecule has 0 heterocycles. The summed E-state index contributed by atoms with van der Waals surface area (Å²) in [6.07, 6.45) is 4.61. The molecule has 21 heavy (non-hydrogen) atoms. The zero-order valence-corrected chi connectivity index (χ0v) is 13.3. The summed E-state index contributed by atoms with van der Waals surface area (Å²) in [5, 5.41) is 8.05. The van der Waals surface area contributed by atoms with Gasteiger partial charge in [-0.15, -0.1) is 0 Å². The summed E-state index contributed by atoms with van der Waals surface area (Å²) in [5.41, 5.74) is 1.36. The molecule has 1 aliphatic rings. The van der Waals surface area contributed by atoms with Crippen LogP contribution in [-0.4, -0.2) is 20.9 Å². The average Bonchev–Trinajstić information content (AvgIpc) is 2.36. The van der Waals surface area contributed by atoms with Gasteiger partial charge in [-0.1, -0.05) is 13.3 Å². The summed E-state index contributed by atoms with van der Waals surface area (Å²) >= 11 is 0. The summed E-state index contributed by atoms with van der Waals surface area (Å²) in [7, 11) is -3.73. The molecule has 1 aromatic carbocycles. The Morgan fingerprint density at radius 3 is 2.48 bits per heavy atom. The van der Waals surface area contributed by atoms with Crippen molar-refractivity contribution in [2.24, 2.45) is 10.6 Å². The van der Waals surface area contributed by atoms with Gasteiger partial charge in [0.1, 0.15) is 0 Å². The summed E-state index contributed by atoms with van der Waals surface area (Å²) in [5.74, 6) is -0.159. The Morgan fingerprint density at radius 2 is 2.05 bits per heavy atom. The molecule has 0 spiro atoms. The van der Waals surface area contributed by atoms with Crippen molar-refractivity contribution in [3.05, 3.63) is 29.3 Å². The number of hydrogen-bond acceptors (Lipinski definition) is 3. The first kappa shape index (κ1) is 16.0. The van der Waals surface area contributed by atoms with Crippen molar-refractivity contribution in [3.63, 3.8) is 0 Å². The largest absolute Gasteiger partial charge is 0.351 e. The van der Waals surface area contributed by atoms with Crippen molar-refractivity contribution in [2.75, 3.05) is 6.54 Å². The summed E-state index contributed by atoms with van der Waals surface area (Å²) in [6, 6.07) is 4.32. The minimum absolute atomic E-state index is 0.0283. The molecule has 3 N–H and O–H groups in total. The number of nitrogens with two attached hydrogens (primary N) is 1. The van der Waals surface area contributed by atoms with Gasteiger partial charge in [0.2, 0.25) is 10.0 Å². The van der Waals surface area contributed by atoms with Crippen molar-refractivity contribution in [2.45, 2.75) is 44.4 Å². The number of sulfonamides is 1. The van der Waals surface area contributed by atoms with Gasteiger partial charge in [0.15, 0.2) is 0 Å². The molecule has 0 radical (unpaired) electrons. The first-order valence-corrected chi connectivity index (χ1v) is 8.74. The highest BCUT2D eigenvalue weighted by Crippen LogP contribution is 2.43. The van der Waals surface area contributed by atoms with Crippen molar-refractivity contribution in [3.8, 4) is 0 Å². The molecule has 1 fully saturated rings. The van der Waals surface area contributed by atoms with E-state index >= 15 is 0 Å². The molecular formula is C15H22N2O3S. The van der Waals surface area contributed by atoms with E-state index < -0.39 is 10.0 Å². The highest BCUT2D eigenvalue weighted by atomic mass is 32.2. The fourth-order valence-corrected chi connectivity index (χ4v) is 3.36. The van der Waals surface area contributed by atoms with Crippen LogP contribution in [0.5, 0.6) is 0 Å². The molecule has 1 aliphatic carbocycles. The van der Waals surface area contributed by atoms with Gasteiger partial charge < -0.3 is 5.32 Å². The molecule has 2 rings (SSSR count). The normalized spacial score (nSPS) is 17.1. The van der Waals surface area contributed by atoms with Crippen LogP contribution < -0.4 is 10.5 Å². The molecule has 6 heteroatoms. The molecule has 0 aliphatic heterocycles. The van der Waals surface area contributed by atoms with Gasteiger partial charge in [0, 0.05) is 12.1 Å². The van der Waals surface area contributed by atoms with E-state index in [2.05, 4.69) is 12.2 Å². The maximum Gasteiger partial charge on any atom is 0.251 e. The quantitative estimate of drug-likeness (QED) is 0.871. The van der Waals surface area contributed by atoms with Gasteiger partial charge in [-0.05, 0) is 55.4 Å². The van der Waals surface area contributed by atoms with Crippen LogP contribution in [0.2, 0.25) is 0 Å². The number of primary sulfonamides is 1. The van der Waals surface area contributed by atoms with E-state index in [0.717, 1.165) is 19.3 Å². The topological polar surface area (TPSA) is 89.3 Å². The monoisotopic (exact) mass is 310 g/mol. The molecule has 1 amide bonds. The fourth-order valence-electron chi connectivity index (χ4n) is 2.76. The van der Waals surface area contributed by atoms with Crippen LogP contribution in [0.3, 0.4) is 0 Å². The Hall–Kier alpha value is -1.40.